The van der Waals surface area contributed by atoms with Crippen LogP contribution in [-0.2, 0) is 0 Å². The highest BCUT2D eigenvalue weighted by Crippen LogP contribution is 2.24. The monoisotopic (exact) mass is 190 g/mol. The third-order valence-corrected chi connectivity index (χ3v) is 1.18. The van der Waals surface area contributed by atoms with Crippen molar-refractivity contribution in [3.63, 3.8) is 0 Å². The summed E-state index contributed by atoms with van der Waals surface area (Å²) < 4.78 is 35.4. The number of nitrogens with zero attached hydrogens (tertiary/aromatic N) is 1. The van der Waals surface area contributed by atoms with E-state index >= 15 is 0 Å². The molecule has 6 heteroatoms. The van der Waals surface area contributed by atoms with Crippen molar-refractivity contribution in [2.45, 2.75) is 13.1 Å². The van der Waals surface area contributed by atoms with E-state index in [0.29, 0.717) is 7.48 Å². The molecule has 0 aliphatic heterocycles. The van der Waals surface area contributed by atoms with Gasteiger partial charge in [0.1, 0.15) is 5.70 Å². The van der Waals surface area contributed by atoms with Gasteiger partial charge in [-0.3, -0.25) is 4.99 Å². The third-order valence-electron chi connectivity index (χ3n) is 1.18. The third kappa shape index (κ3) is 4.52. The van der Waals surface area contributed by atoms with Crippen LogP contribution in [-0.4, -0.2) is 24.9 Å². The van der Waals surface area contributed by atoms with E-state index < -0.39 is 11.9 Å². The van der Waals surface area contributed by atoms with Gasteiger partial charge in [0.2, 0.25) is 0 Å². The molecule has 0 aliphatic rings. The normalized spacial score (nSPS) is 13.5. The molecule has 0 saturated heterocycles. The fraction of sp³-hybridized carbons (Fsp3) is 0.286. The van der Waals surface area contributed by atoms with Crippen LogP contribution < -0.4 is 0 Å². The second-order valence-corrected chi connectivity index (χ2v) is 2.12. The molecule has 0 unspecified atom stereocenters. The Kier molecular flexibility index (Phi) is 4.47. The molecule has 13 heavy (non-hydrogen) atoms. The van der Waals surface area contributed by atoms with Gasteiger partial charge in [-0.25, -0.2) is 0 Å². The molecular formula is C7H8BF3NO. The topological polar surface area (TPSA) is 32.6 Å². The summed E-state index contributed by atoms with van der Waals surface area (Å²) in [5.41, 5.74) is -1.01. The number of rotatable bonds is 3. The van der Waals surface area contributed by atoms with E-state index in [4.69, 9.17) is 5.02 Å². The highest BCUT2D eigenvalue weighted by atomic mass is 19.4. The van der Waals surface area contributed by atoms with Crippen molar-refractivity contribution in [2.24, 2.45) is 4.99 Å². The summed E-state index contributed by atoms with van der Waals surface area (Å²) in [6.07, 6.45) is -2.23. The molecule has 2 nitrogen and oxygen atoms in total. The average Bonchev–Trinajstić information content (AvgIpc) is 2.04. The van der Waals surface area contributed by atoms with Gasteiger partial charge in [-0.1, -0.05) is 12.7 Å². The van der Waals surface area contributed by atoms with Crippen LogP contribution in [0.15, 0.2) is 28.8 Å². The van der Waals surface area contributed by atoms with Crippen LogP contribution in [0.3, 0.4) is 0 Å². The number of allylic oxidation sites excluding steroid dienone is 3. The molecule has 0 aromatic rings. The van der Waals surface area contributed by atoms with Gasteiger partial charge in [0.25, 0.3) is 0 Å². The lowest BCUT2D eigenvalue weighted by Crippen LogP contribution is -2.09. The summed E-state index contributed by atoms with van der Waals surface area (Å²) in [6.45, 7) is 4.28. The van der Waals surface area contributed by atoms with Gasteiger partial charge in [-0.15, -0.1) is 0 Å². The lowest BCUT2D eigenvalue weighted by Gasteiger charge is -2.03. The van der Waals surface area contributed by atoms with E-state index in [1.54, 1.807) is 6.92 Å². The number of aliphatic imine (C=N–C) groups is 1. The van der Waals surface area contributed by atoms with Gasteiger partial charge < -0.3 is 5.02 Å². The fourth-order valence-corrected chi connectivity index (χ4v) is 0.408. The summed E-state index contributed by atoms with van der Waals surface area (Å²) in [4.78, 5) is 3.03. The van der Waals surface area contributed by atoms with Crippen LogP contribution in [0.4, 0.5) is 13.2 Å². The number of hydrogen-bond donors (Lipinski definition) is 1. The largest absolute Gasteiger partial charge is 0.450 e. The molecule has 71 valence electrons. The molecule has 0 heterocycles. The maximum absolute atomic E-state index is 11.8. The van der Waals surface area contributed by atoms with Crippen molar-refractivity contribution in [3.05, 3.63) is 23.8 Å². The van der Waals surface area contributed by atoms with Gasteiger partial charge in [-0.05, 0) is 12.4 Å². The Balaban J connectivity index is 4.37. The molecule has 0 spiro atoms. The summed E-state index contributed by atoms with van der Waals surface area (Å²) in [7, 11) is 0.660. The van der Waals surface area contributed by atoms with Crippen molar-refractivity contribution >= 4 is 13.7 Å². The lowest BCUT2D eigenvalue weighted by molar-refractivity contribution is -0.0918. The summed E-state index contributed by atoms with van der Waals surface area (Å²) in [6, 6.07) is 0. The van der Waals surface area contributed by atoms with E-state index in [2.05, 4.69) is 11.6 Å². The zero-order valence-corrected chi connectivity index (χ0v) is 6.97. The first-order chi connectivity index (χ1) is 5.91. The van der Waals surface area contributed by atoms with E-state index in [9.17, 15) is 13.2 Å². The molecule has 0 amide bonds. The van der Waals surface area contributed by atoms with Crippen LogP contribution in [0.2, 0.25) is 0 Å². The van der Waals surface area contributed by atoms with Crippen molar-refractivity contribution in [3.8, 4) is 0 Å². The van der Waals surface area contributed by atoms with Gasteiger partial charge in [0, 0.05) is 6.21 Å². The Morgan fingerprint density at radius 1 is 1.54 bits per heavy atom. The predicted octanol–water partition coefficient (Wildman–Crippen LogP) is 1.65. The number of halogens is 3. The quantitative estimate of drug-likeness (QED) is 0.532. The Labute approximate surface area is 74.8 Å². The lowest BCUT2D eigenvalue weighted by atomic mass is 9.89. The molecule has 1 N–H and O–H groups in total. The Morgan fingerprint density at radius 3 is 2.38 bits per heavy atom. The van der Waals surface area contributed by atoms with Gasteiger partial charge in [-0.2, -0.15) is 13.2 Å². The first-order valence-electron chi connectivity index (χ1n) is 3.35. The SMILES string of the molecule is C=C(N=C/C([B]O)=C\C)C(F)(F)F. The molecule has 0 aliphatic carbocycles. The summed E-state index contributed by atoms with van der Waals surface area (Å²) in [5, 5.41) is 8.45. The minimum Gasteiger partial charge on any atom is -0.450 e. The first kappa shape index (κ1) is 12.0. The minimum atomic E-state index is -4.52. The Bertz CT molecular complexity index is 245. The van der Waals surface area contributed by atoms with E-state index in [-0.39, 0.29) is 5.47 Å². The van der Waals surface area contributed by atoms with E-state index in [1.807, 2.05) is 0 Å². The molecular weight excluding hydrogens is 182 g/mol. The van der Waals surface area contributed by atoms with Crippen molar-refractivity contribution in [2.75, 3.05) is 0 Å². The van der Waals surface area contributed by atoms with Crippen LogP contribution in [0.5, 0.6) is 0 Å². The van der Waals surface area contributed by atoms with Gasteiger partial charge >= 0.3 is 13.7 Å². The minimum absolute atomic E-state index is 0.186. The molecule has 0 saturated carbocycles. The standard InChI is InChI=1S/C7H8BF3NO/c1-3-6(8-13)4-12-5(2)7(9,10)11/h3-4,13H,2H2,1H3/b6-3+,12-4?. The van der Waals surface area contributed by atoms with Crippen molar-refractivity contribution < 1.29 is 18.2 Å². The van der Waals surface area contributed by atoms with Gasteiger partial charge in [0.05, 0.1) is 0 Å². The predicted molar refractivity (Wildman–Crippen MR) is 45.4 cm³/mol. The highest BCUT2D eigenvalue weighted by molar-refractivity contribution is 6.44. The van der Waals surface area contributed by atoms with Crippen LogP contribution in [0.1, 0.15) is 6.92 Å². The number of hydrogen-bond acceptors (Lipinski definition) is 2. The molecule has 0 atom stereocenters. The Hall–Kier alpha value is -1.04. The molecule has 0 fully saturated rings. The molecule has 1 radical (unpaired) electrons. The summed E-state index contributed by atoms with van der Waals surface area (Å²) in [5.74, 6) is 0. The van der Waals surface area contributed by atoms with Gasteiger partial charge in [0.15, 0.2) is 0 Å². The van der Waals surface area contributed by atoms with Crippen molar-refractivity contribution in [1.29, 1.82) is 0 Å². The van der Waals surface area contributed by atoms with Crippen molar-refractivity contribution in [1.82, 2.24) is 0 Å². The molecule has 0 aromatic carbocycles. The van der Waals surface area contributed by atoms with E-state index in [1.165, 1.54) is 6.08 Å². The number of alkyl halides is 3. The highest BCUT2D eigenvalue weighted by Gasteiger charge is 2.31. The fourth-order valence-electron chi connectivity index (χ4n) is 0.408. The zero-order chi connectivity index (χ0) is 10.5. The zero-order valence-electron chi connectivity index (χ0n) is 6.97. The second-order valence-electron chi connectivity index (χ2n) is 2.12. The van der Waals surface area contributed by atoms with Crippen LogP contribution in [0.25, 0.3) is 0 Å². The average molecular weight is 190 g/mol. The Morgan fingerprint density at radius 2 is 2.08 bits per heavy atom. The van der Waals surface area contributed by atoms with Crippen LogP contribution in [0, 0.1) is 0 Å². The maximum atomic E-state index is 11.8. The molecule has 0 bridgehead atoms. The molecule has 0 rings (SSSR count). The first-order valence-corrected chi connectivity index (χ1v) is 3.35. The smallest absolute Gasteiger partial charge is 0.432 e. The second kappa shape index (κ2) is 4.86. The van der Waals surface area contributed by atoms with E-state index in [0.717, 1.165) is 6.21 Å². The summed E-state index contributed by atoms with van der Waals surface area (Å²) >= 11 is 0. The van der Waals surface area contributed by atoms with Crippen LogP contribution >= 0.6 is 0 Å². The maximum Gasteiger partial charge on any atom is 0.432 e. The molecule has 0 aromatic heterocycles.